The number of nitrogens with one attached hydrogen (secondary N) is 1. The number of ether oxygens (including phenoxy) is 1. The van der Waals surface area contributed by atoms with E-state index in [4.69, 9.17) is 10.1 Å². The van der Waals surface area contributed by atoms with E-state index in [1.807, 2.05) is 50.4 Å². The Kier molecular flexibility index (Phi) is 4.09. The molecule has 1 aliphatic heterocycles. The maximum Gasteiger partial charge on any atom is 0.139 e. The van der Waals surface area contributed by atoms with Gasteiger partial charge in [0, 0.05) is 16.8 Å². The minimum absolute atomic E-state index is 0.122. The van der Waals surface area contributed by atoms with Gasteiger partial charge in [0.05, 0.1) is 18.2 Å². The molecule has 0 amide bonds. The van der Waals surface area contributed by atoms with Gasteiger partial charge in [-0.1, -0.05) is 0 Å². The number of aliphatic hydroxyl groups is 1. The van der Waals surface area contributed by atoms with E-state index in [-0.39, 0.29) is 24.2 Å². The summed E-state index contributed by atoms with van der Waals surface area (Å²) < 4.78 is 5.63. The van der Waals surface area contributed by atoms with E-state index in [0.29, 0.717) is 10.6 Å². The first-order valence-corrected chi connectivity index (χ1v) is 8.31. The molecule has 23 heavy (non-hydrogen) atoms. The van der Waals surface area contributed by atoms with E-state index < -0.39 is 0 Å². The molecule has 2 aromatic rings. The van der Waals surface area contributed by atoms with Gasteiger partial charge in [0.1, 0.15) is 22.4 Å². The van der Waals surface area contributed by atoms with E-state index in [0.717, 1.165) is 17.1 Å². The third-order valence-electron chi connectivity index (χ3n) is 3.46. The molecule has 0 aliphatic carbocycles. The Bertz CT molecular complexity index is 762. The number of hydrogen-bond donors (Lipinski definition) is 2. The minimum atomic E-state index is 0.122. The van der Waals surface area contributed by atoms with Crippen molar-refractivity contribution in [2.45, 2.75) is 26.9 Å². The summed E-state index contributed by atoms with van der Waals surface area (Å²) in [7, 11) is 0. The largest absolute Gasteiger partial charge is 0.510 e. The van der Waals surface area contributed by atoms with Crippen molar-refractivity contribution in [3.8, 4) is 5.75 Å². The predicted molar refractivity (Wildman–Crippen MR) is 93.7 cm³/mol. The van der Waals surface area contributed by atoms with Crippen LogP contribution < -0.4 is 9.64 Å². The molecule has 0 unspecified atom stereocenters. The van der Waals surface area contributed by atoms with Crippen molar-refractivity contribution in [3.05, 3.63) is 46.1 Å². The molecule has 0 saturated heterocycles. The molecule has 3 rings (SSSR count). The van der Waals surface area contributed by atoms with Crippen LogP contribution in [-0.2, 0) is 0 Å². The molecule has 6 heteroatoms. The summed E-state index contributed by atoms with van der Waals surface area (Å²) in [5, 5.41) is 21.3. The van der Waals surface area contributed by atoms with Crippen LogP contribution in [0.5, 0.6) is 5.75 Å². The molecule has 0 bridgehead atoms. The molecule has 2 N–H and O–H groups in total. The van der Waals surface area contributed by atoms with Gasteiger partial charge in [-0.2, -0.15) is 0 Å². The van der Waals surface area contributed by atoms with E-state index in [1.165, 1.54) is 11.3 Å². The molecule has 2 heterocycles. The summed E-state index contributed by atoms with van der Waals surface area (Å²) >= 11 is 1.44. The van der Waals surface area contributed by atoms with Crippen LogP contribution in [0.25, 0.3) is 5.57 Å². The summed E-state index contributed by atoms with van der Waals surface area (Å²) in [6, 6.07) is 7.56. The van der Waals surface area contributed by atoms with E-state index in [2.05, 4.69) is 4.98 Å². The van der Waals surface area contributed by atoms with Crippen LogP contribution in [0.15, 0.2) is 35.4 Å². The molecule has 0 fully saturated rings. The van der Waals surface area contributed by atoms with Crippen molar-refractivity contribution in [3.63, 3.8) is 0 Å². The van der Waals surface area contributed by atoms with E-state index in [1.54, 1.807) is 4.90 Å². The highest BCUT2D eigenvalue weighted by atomic mass is 32.1. The molecule has 1 aromatic heterocycles. The smallest absolute Gasteiger partial charge is 0.139 e. The second-order valence-corrected chi connectivity index (χ2v) is 6.57. The predicted octanol–water partition coefficient (Wildman–Crippen LogP) is 4.01. The minimum Gasteiger partial charge on any atom is -0.510 e. The zero-order chi connectivity index (χ0) is 16.6. The van der Waals surface area contributed by atoms with Crippen LogP contribution in [-0.4, -0.2) is 28.6 Å². The van der Waals surface area contributed by atoms with Gasteiger partial charge < -0.3 is 14.7 Å². The SMILES string of the molecule is Cc1csc(C2=C(O)CN(c3ccc(OC(C)C)cc3)C2=N)n1. The van der Waals surface area contributed by atoms with Crippen LogP contribution in [0.1, 0.15) is 24.5 Å². The first kappa shape index (κ1) is 15.6. The Labute approximate surface area is 139 Å². The summed E-state index contributed by atoms with van der Waals surface area (Å²) in [6.45, 7) is 6.15. The number of anilines is 1. The lowest BCUT2D eigenvalue weighted by molar-refractivity contribution is 0.242. The van der Waals surface area contributed by atoms with Gasteiger partial charge in [-0.05, 0) is 45.0 Å². The Balaban J connectivity index is 1.82. The highest BCUT2D eigenvalue weighted by molar-refractivity contribution is 7.11. The Hall–Kier alpha value is -2.34. The lowest BCUT2D eigenvalue weighted by atomic mass is 10.2. The summed E-state index contributed by atoms with van der Waals surface area (Å²) in [4.78, 5) is 6.15. The monoisotopic (exact) mass is 329 g/mol. The molecule has 1 aromatic carbocycles. The fourth-order valence-corrected chi connectivity index (χ4v) is 3.33. The molecule has 0 saturated carbocycles. The van der Waals surface area contributed by atoms with E-state index >= 15 is 0 Å². The number of rotatable bonds is 4. The normalized spacial score (nSPS) is 15.0. The number of thiazole rings is 1. The summed E-state index contributed by atoms with van der Waals surface area (Å²) in [5.41, 5.74) is 2.26. The molecule has 1 aliphatic rings. The summed E-state index contributed by atoms with van der Waals surface area (Å²) in [5.74, 6) is 1.25. The second kappa shape index (κ2) is 6.04. The van der Waals surface area contributed by atoms with Crippen LogP contribution in [0, 0.1) is 12.3 Å². The van der Waals surface area contributed by atoms with Crippen molar-refractivity contribution in [1.29, 1.82) is 5.41 Å². The fourth-order valence-electron chi connectivity index (χ4n) is 2.47. The van der Waals surface area contributed by atoms with Gasteiger partial charge in [-0.15, -0.1) is 11.3 Å². The molecule has 5 nitrogen and oxygen atoms in total. The van der Waals surface area contributed by atoms with Crippen molar-refractivity contribution in [2.24, 2.45) is 0 Å². The highest BCUT2D eigenvalue weighted by Gasteiger charge is 2.31. The van der Waals surface area contributed by atoms with Gasteiger partial charge >= 0.3 is 0 Å². The van der Waals surface area contributed by atoms with Crippen molar-refractivity contribution in [1.82, 2.24) is 4.98 Å². The zero-order valence-electron chi connectivity index (χ0n) is 13.3. The average Bonchev–Trinajstić information content (AvgIpc) is 3.03. The fraction of sp³-hybridized carbons (Fsp3) is 0.294. The lowest BCUT2D eigenvalue weighted by Gasteiger charge is -2.19. The van der Waals surface area contributed by atoms with Crippen LogP contribution in [0.2, 0.25) is 0 Å². The second-order valence-electron chi connectivity index (χ2n) is 5.71. The summed E-state index contributed by atoms with van der Waals surface area (Å²) in [6.07, 6.45) is 0.122. The van der Waals surface area contributed by atoms with Crippen molar-refractivity contribution >= 4 is 28.4 Å². The van der Waals surface area contributed by atoms with Gasteiger partial charge in [-0.3, -0.25) is 5.41 Å². The third kappa shape index (κ3) is 3.07. The number of nitrogens with zero attached hydrogens (tertiary/aromatic N) is 2. The van der Waals surface area contributed by atoms with Crippen LogP contribution in [0.4, 0.5) is 5.69 Å². The first-order chi connectivity index (χ1) is 11.0. The van der Waals surface area contributed by atoms with Gasteiger partial charge in [0.15, 0.2) is 0 Å². The van der Waals surface area contributed by atoms with Crippen LogP contribution in [0.3, 0.4) is 0 Å². The van der Waals surface area contributed by atoms with Crippen molar-refractivity contribution in [2.75, 3.05) is 11.4 Å². The number of benzene rings is 1. The molecule has 0 radical (unpaired) electrons. The van der Waals surface area contributed by atoms with E-state index in [9.17, 15) is 5.11 Å². The van der Waals surface area contributed by atoms with Crippen molar-refractivity contribution < 1.29 is 9.84 Å². The van der Waals surface area contributed by atoms with Crippen LogP contribution >= 0.6 is 11.3 Å². The Morgan fingerprint density at radius 2 is 2.00 bits per heavy atom. The topological polar surface area (TPSA) is 69.4 Å². The number of aromatic nitrogens is 1. The van der Waals surface area contributed by atoms with Gasteiger partial charge in [-0.25, -0.2) is 4.98 Å². The third-order valence-corrected chi connectivity index (χ3v) is 4.43. The Morgan fingerprint density at radius 1 is 1.30 bits per heavy atom. The average molecular weight is 329 g/mol. The molecular weight excluding hydrogens is 310 g/mol. The number of aryl methyl sites for hydroxylation is 1. The number of amidine groups is 1. The number of hydrogen-bond acceptors (Lipinski definition) is 5. The van der Waals surface area contributed by atoms with Gasteiger partial charge in [0.2, 0.25) is 0 Å². The molecule has 120 valence electrons. The zero-order valence-corrected chi connectivity index (χ0v) is 14.1. The number of aliphatic hydroxyl groups excluding tert-OH is 1. The maximum atomic E-state index is 10.3. The lowest BCUT2D eigenvalue weighted by Crippen LogP contribution is -2.25. The quantitative estimate of drug-likeness (QED) is 0.889. The Morgan fingerprint density at radius 3 is 2.57 bits per heavy atom. The maximum absolute atomic E-state index is 10.3. The first-order valence-electron chi connectivity index (χ1n) is 7.43. The molecular formula is C17H19N3O2S. The molecule has 0 atom stereocenters. The molecule has 0 spiro atoms. The standard InChI is InChI=1S/C17H19N3O2S/c1-10(2)22-13-6-4-12(5-7-13)20-8-14(21)15(16(20)18)17-19-11(3)9-23-17/h4-7,9-10,18,21H,8H2,1-3H3. The highest BCUT2D eigenvalue weighted by Crippen LogP contribution is 2.33. The van der Waals surface area contributed by atoms with Gasteiger partial charge in [0.25, 0.3) is 0 Å².